The molecule has 0 aromatic rings. The number of hydrogen-bond donors (Lipinski definition) is 1. The van der Waals surface area contributed by atoms with E-state index in [1.807, 2.05) is 11.0 Å². The molecule has 0 aromatic carbocycles. The first-order chi connectivity index (χ1) is 12.0. The molecule has 2 heterocycles. The van der Waals surface area contributed by atoms with Crippen LogP contribution in [0, 0.1) is 23.2 Å². The van der Waals surface area contributed by atoms with E-state index < -0.39 is 0 Å². The lowest BCUT2D eigenvalue weighted by Crippen LogP contribution is -2.53. The molecule has 1 N–H and O–H groups in total. The fraction of sp³-hybridized carbons (Fsp3) is 0.833. The van der Waals surface area contributed by atoms with E-state index in [1.54, 1.807) is 0 Å². The van der Waals surface area contributed by atoms with Crippen LogP contribution in [0.2, 0.25) is 0 Å². The Morgan fingerprint density at radius 1 is 1.04 bits per heavy atom. The molecule has 2 amide bonds. The minimum atomic E-state index is -0.0314. The van der Waals surface area contributed by atoms with Gasteiger partial charge in [-0.3, -0.25) is 19.4 Å². The van der Waals surface area contributed by atoms with Gasteiger partial charge in [0, 0.05) is 45.8 Å². The third kappa shape index (κ3) is 6.63. The second-order valence-corrected chi connectivity index (χ2v) is 7.56. The van der Waals surface area contributed by atoms with Gasteiger partial charge in [-0.2, -0.15) is 5.26 Å². The number of likely N-dealkylation sites (tertiary alicyclic amines) is 1. The number of rotatable bonds is 6. The van der Waals surface area contributed by atoms with Crippen LogP contribution in [0.25, 0.3) is 0 Å². The number of amides is 2. The Balaban J connectivity index is 1.67. The summed E-state index contributed by atoms with van der Waals surface area (Å²) in [5, 5.41) is 11.2. The zero-order valence-corrected chi connectivity index (χ0v) is 15.5. The van der Waals surface area contributed by atoms with E-state index in [1.165, 1.54) is 6.42 Å². The highest BCUT2D eigenvalue weighted by Gasteiger charge is 2.27. The maximum atomic E-state index is 12.5. The minimum Gasteiger partial charge on any atom is -0.354 e. The van der Waals surface area contributed by atoms with Crippen LogP contribution in [-0.2, 0) is 9.59 Å². The van der Waals surface area contributed by atoms with Gasteiger partial charge in [0.15, 0.2) is 0 Å². The minimum absolute atomic E-state index is 0.0314. The van der Waals surface area contributed by atoms with Gasteiger partial charge in [-0.15, -0.1) is 0 Å². The van der Waals surface area contributed by atoms with Crippen LogP contribution in [0.15, 0.2) is 0 Å². The molecule has 7 nitrogen and oxygen atoms in total. The highest BCUT2D eigenvalue weighted by molar-refractivity contribution is 5.78. The van der Waals surface area contributed by atoms with Gasteiger partial charge in [0.25, 0.3) is 0 Å². The number of hydrogen-bond acceptors (Lipinski definition) is 5. The summed E-state index contributed by atoms with van der Waals surface area (Å²) in [5.41, 5.74) is 0. The number of nitrogens with zero attached hydrogens (tertiary/aromatic N) is 4. The fourth-order valence-electron chi connectivity index (χ4n) is 3.78. The van der Waals surface area contributed by atoms with Crippen LogP contribution in [0.4, 0.5) is 0 Å². The molecule has 140 valence electrons. The number of piperidine rings is 1. The number of nitrogens with one attached hydrogen (secondary N) is 1. The topological polar surface area (TPSA) is 79.7 Å². The molecule has 0 bridgehead atoms. The maximum absolute atomic E-state index is 12.5. The van der Waals surface area contributed by atoms with Crippen molar-refractivity contribution in [2.45, 2.75) is 26.7 Å². The Kier molecular flexibility index (Phi) is 7.66. The predicted octanol–water partition coefficient (Wildman–Crippen LogP) is 0.138. The molecule has 2 aliphatic heterocycles. The molecule has 2 atom stereocenters. The number of nitriles is 1. The lowest BCUT2D eigenvalue weighted by Gasteiger charge is -2.38. The monoisotopic (exact) mass is 349 g/mol. The summed E-state index contributed by atoms with van der Waals surface area (Å²) >= 11 is 0. The van der Waals surface area contributed by atoms with Gasteiger partial charge in [-0.1, -0.05) is 13.8 Å². The quantitative estimate of drug-likeness (QED) is 0.690. The zero-order chi connectivity index (χ0) is 18.2. The van der Waals surface area contributed by atoms with Gasteiger partial charge in [0.05, 0.1) is 25.6 Å². The summed E-state index contributed by atoms with van der Waals surface area (Å²) in [6.45, 7) is 10.7. The maximum Gasteiger partial charge on any atom is 0.236 e. The first-order valence-electron chi connectivity index (χ1n) is 9.34. The number of carbonyl (C=O) groups excluding carboxylic acids is 2. The molecule has 2 fully saturated rings. The molecule has 25 heavy (non-hydrogen) atoms. The van der Waals surface area contributed by atoms with Crippen LogP contribution in [-0.4, -0.2) is 85.4 Å². The highest BCUT2D eigenvalue weighted by Crippen LogP contribution is 2.21. The smallest absolute Gasteiger partial charge is 0.236 e. The lowest BCUT2D eigenvalue weighted by atomic mass is 9.92. The molecule has 7 heteroatoms. The van der Waals surface area contributed by atoms with Crippen LogP contribution < -0.4 is 5.32 Å². The summed E-state index contributed by atoms with van der Waals surface area (Å²) in [6.07, 6.45) is 1.55. The second-order valence-electron chi connectivity index (χ2n) is 7.56. The zero-order valence-electron chi connectivity index (χ0n) is 15.5. The van der Waals surface area contributed by atoms with E-state index in [0.717, 1.165) is 39.3 Å². The Morgan fingerprint density at radius 2 is 1.60 bits per heavy atom. The predicted molar refractivity (Wildman–Crippen MR) is 95.6 cm³/mol. The van der Waals surface area contributed by atoms with Crippen molar-refractivity contribution in [3.63, 3.8) is 0 Å². The van der Waals surface area contributed by atoms with Gasteiger partial charge in [-0.05, 0) is 18.3 Å². The number of carbonyl (C=O) groups is 2. The first kappa shape index (κ1) is 19.7. The average Bonchev–Trinajstić information content (AvgIpc) is 2.56. The van der Waals surface area contributed by atoms with E-state index in [9.17, 15) is 9.59 Å². The van der Waals surface area contributed by atoms with Gasteiger partial charge in [0.2, 0.25) is 11.8 Å². The van der Waals surface area contributed by atoms with Gasteiger partial charge in [-0.25, -0.2) is 0 Å². The van der Waals surface area contributed by atoms with Crippen molar-refractivity contribution in [1.82, 2.24) is 20.0 Å². The highest BCUT2D eigenvalue weighted by atomic mass is 16.2. The third-order valence-electron chi connectivity index (χ3n) is 4.97. The summed E-state index contributed by atoms with van der Waals surface area (Å²) in [4.78, 5) is 30.6. The van der Waals surface area contributed by atoms with Crippen LogP contribution in [0.3, 0.4) is 0 Å². The van der Waals surface area contributed by atoms with Crippen LogP contribution in [0.5, 0.6) is 0 Å². The molecule has 2 rings (SSSR count). The van der Waals surface area contributed by atoms with Crippen molar-refractivity contribution in [2.75, 3.05) is 58.9 Å². The Labute approximate surface area is 150 Å². The molecule has 2 saturated heterocycles. The second kappa shape index (κ2) is 9.73. The molecule has 0 aromatic heterocycles. The van der Waals surface area contributed by atoms with E-state index in [2.05, 4.69) is 29.0 Å². The SMILES string of the molecule is CC1CC(C)CN(C(=O)CN2CCN(CC(=O)NCCC#N)CC2)C1. The van der Waals surface area contributed by atoms with Crippen molar-refractivity contribution in [2.24, 2.45) is 11.8 Å². The molecular weight excluding hydrogens is 318 g/mol. The summed E-state index contributed by atoms with van der Waals surface area (Å²) in [5.74, 6) is 1.38. The van der Waals surface area contributed by atoms with Crippen LogP contribution in [0.1, 0.15) is 26.7 Å². The van der Waals surface area contributed by atoms with E-state index in [4.69, 9.17) is 5.26 Å². The van der Waals surface area contributed by atoms with Gasteiger partial charge < -0.3 is 10.2 Å². The molecule has 0 radical (unpaired) electrons. The third-order valence-corrected chi connectivity index (χ3v) is 4.97. The van der Waals surface area contributed by atoms with Crippen molar-refractivity contribution in [1.29, 1.82) is 5.26 Å². The standard InChI is InChI=1S/C18H31N5O2/c1-15-10-16(2)12-23(11-15)18(25)14-22-8-6-21(7-9-22)13-17(24)20-5-3-4-19/h15-16H,3,5-14H2,1-2H3,(H,20,24). The van der Waals surface area contributed by atoms with Crippen molar-refractivity contribution < 1.29 is 9.59 Å². The molecule has 2 unspecified atom stereocenters. The fourth-order valence-corrected chi connectivity index (χ4v) is 3.78. The number of piperazine rings is 1. The molecule has 0 spiro atoms. The van der Waals surface area contributed by atoms with E-state index in [-0.39, 0.29) is 11.8 Å². The van der Waals surface area contributed by atoms with Crippen molar-refractivity contribution in [3.05, 3.63) is 0 Å². The summed E-state index contributed by atoms with van der Waals surface area (Å²) in [6, 6.07) is 2.01. The van der Waals surface area contributed by atoms with Gasteiger partial charge in [0.1, 0.15) is 0 Å². The first-order valence-corrected chi connectivity index (χ1v) is 9.34. The lowest BCUT2D eigenvalue weighted by molar-refractivity contribution is -0.135. The van der Waals surface area contributed by atoms with Gasteiger partial charge >= 0.3 is 0 Å². The normalized spacial score (nSPS) is 25.4. The Hall–Kier alpha value is -1.65. The molecule has 2 aliphatic rings. The van der Waals surface area contributed by atoms with Crippen molar-refractivity contribution >= 4 is 11.8 Å². The largest absolute Gasteiger partial charge is 0.354 e. The van der Waals surface area contributed by atoms with E-state index in [0.29, 0.717) is 37.9 Å². The molecular formula is C18H31N5O2. The summed E-state index contributed by atoms with van der Waals surface area (Å²) < 4.78 is 0. The molecule has 0 saturated carbocycles. The van der Waals surface area contributed by atoms with E-state index >= 15 is 0 Å². The van der Waals surface area contributed by atoms with Crippen molar-refractivity contribution in [3.8, 4) is 6.07 Å². The average molecular weight is 349 g/mol. The Bertz CT molecular complexity index is 486. The molecule has 0 aliphatic carbocycles. The summed E-state index contributed by atoms with van der Waals surface area (Å²) in [7, 11) is 0. The Morgan fingerprint density at radius 3 is 2.16 bits per heavy atom. The van der Waals surface area contributed by atoms with Crippen LogP contribution >= 0.6 is 0 Å².